The SMILES string of the molecule is Cc1nn(CC(=O)N2CC(=O)NC(=O)C2)c(C)c1N. The predicted molar refractivity (Wildman–Crippen MR) is 65.8 cm³/mol. The Morgan fingerprint density at radius 3 is 2.37 bits per heavy atom. The van der Waals surface area contributed by atoms with Gasteiger partial charge in [-0.25, -0.2) is 0 Å². The quantitative estimate of drug-likeness (QED) is 0.637. The number of nitrogens with two attached hydrogens (primary N) is 1. The Bertz CT molecular complexity index is 547. The Kier molecular flexibility index (Phi) is 3.24. The van der Waals surface area contributed by atoms with Crippen LogP contribution >= 0.6 is 0 Å². The van der Waals surface area contributed by atoms with Crippen molar-refractivity contribution < 1.29 is 14.4 Å². The van der Waals surface area contributed by atoms with Crippen molar-refractivity contribution in [3.63, 3.8) is 0 Å². The van der Waals surface area contributed by atoms with E-state index in [0.29, 0.717) is 17.1 Å². The second kappa shape index (κ2) is 4.71. The van der Waals surface area contributed by atoms with E-state index < -0.39 is 11.8 Å². The largest absolute Gasteiger partial charge is 0.396 e. The smallest absolute Gasteiger partial charge is 0.246 e. The Labute approximate surface area is 109 Å². The van der Waals surface area contributed by atoms with Crippen LogP contribution < -0.4 is 11.1 Å². The standard InChI is InChI=1S/C11H15N5O3/c1-6-11(12)7(2)16(14-6)5-10(19)15-3-8(17)13-9(18)4-15/h3-5,12H2,1-2H3,(H,13,17,18). The van der Waals surface area contributed by atoms with E-state index in [1.54, 1.807) is 13.8 Å². The van der Waals surface area contributed by atoms with E-state index in [2.05, 4.69) is 10.4 Å². The van der Waals surface area contributed by atoms with Crippen molar-refractivity contribution >= 4 is 23.4 Å². The lowest BCUT2D eigenvalue weighted by Gasteiger charge is -2.25. The number of carbonyl (C=O) groups excluding carboxylic acids is 3. The van der Waals surface area contributed by atoms with Crippen molar-refractivity contribution in [3.8, 4) is 0 Å². The van der Waals surface area contributed by atoms with Crippen LogP contribution in [0.3, 0.4) is 0 Å². The molecule has 102 valence electrons. The number of nitrogen functional groups attached to an aromatic ring is 1. The molecule has 0 radical (unpaired) electrons. The second-order valence-electron chi connectivity index (χ2n) is 4.46. The number of rotatable bonds is 2. The van der Waals surface area contributed by atoms with E-state index in [1.165, 1.54) is 9.58 Å². The first-order valence-corrected chi connectivity index (χ1v) is 5.78. The second-order valence-corrected chi connectivity index (χ2v) is 4.46. The summed E-state index contributed by atoms with van der Waals surface area (Å²) in [6, 6.07) is 0. The first-order chi connectivity index (χ1) is 8.88. The average Bonchev–Trinajstić information content (AvgIpc) is 2.56. The summed E-state index contributed by atoms with van der Waals surface area (Å²) in [6.45, 7) is 3.25. The molecule has 19 heavy (non-hydrogen) atoms. The summed E-state index contributed by atoms with van der Waals surface area (Å²) in [5.41, 5.74) is 7.66. The van der Waals surface area contributed by atoms with Crippen LogP contribution in [-0.2, 0) is 20.9 Å². The molecule has 0 atom stereocenters. The van der Waals surface area contributed by atoms with E-state index >= 15 is 0 Å². The summed E-state index contributed by atoms with van der Waals surface area (Å²) in [7, 11) is 0. The molecule has 2 rings (SSSR count). The van der Waals surface area contributed by atoms with Crippen LogP contribution in [0.25, 0.3) is 0 Å². The molecule has 1 aromatic heterocycles. The summed E-state index contributed by atoms with van der Waals surface area (Å²) >= 11 is 0. The highest BCUT2D eigenvalue weighted by atomic mass is 16.2. The molecule has 1 aromatic rings. The van der Waals surface area contributed by atoms with Crippen LogP contribution in [0.15, 0.2) is 0 Å². The van der Waals surface area contributed by atoms with Crippen LogP contribution in [0.4, 0.5) is 5.69 Å². The van der Waals surface area contributed by atoms with E-state index in [0.717, 1.165) is 0 Å². The molecule has 3 N–H and O–H groups in total. The number of imide groups is 1. The number of carbonyl (C=O) groups is 3. The van der Waals surface area contributed by atoms with Gasteiger partial charge in [0.25, 0.3) is 0 Å². The van der Waals surface area contributed by atoms with Gasteiger partial charge in [0.2, 0.25) is 17.7 Å². The third-order valence-corrected chi connectivity index (χ3v) is 3.02. The van der Waals surface area contributed by atoms with Gasteiger partial charge in [-0.2, -0.15) is 5.10 Å². The lowest BCUT2D eigenvalue weighted by molar-refractivity contribution is -0.145. The van der Waals surface area contributed by atoms with Gasteiger partial charge in [0.15, 0.2) is 0 Å². The number of aromatic nitrogens is 2. The van der Waals surface area contributed by atoms with Crippen LogP contribution in [-0.4, -0.2) is 45.5 Å². The normalized spacial score (nSPS) is 15.6. The van der Waals surface area contributed by atoms with Crippen molar-refractivity contribution in [3.05, 3.63) is 11.4 Å². The molecule has 0 bridgehead atoms. The van der Waals surface area contributed by atoms with E-state index in [1.807, 2.05) is 0 Å². The van der Waals surface area contributed by atoms with Gasteiger partial charge in [0.05, 0.1) is 17.1 Å². The minimum absolute atomic E-state index is 0.0373. The first kappa shape index (κ1) is 13.1. The maximum Gasteiger partial charge on any atom is 0.246 e. The average molecular weight is 265 g/mol. The fourth-order valence-corrected chi connectivity index (χ4v) is 1.91. The number of piperazine rings is 1. The maximum atomic E-state index is 12.0. The van der Waals surface area contributed by atoms with E-state index in [-0.39, 0.29) is 25.5 Å². The third-order valence-electron chi connectivity index (χ3n) is 3.02. The molecule has 0 aromatic carbocycles. The molecular weight excluding hydrogens is 250 g/mol. The van der Waals surface area contributed by atoms with E-state index in [9.17, 15) is 14.4 Å². The van der Waals surface area contributed by atoms with Crippen molar-refractivity contribution in [2.45, 2.75) is 20.4 Å². The van der Waals surface area contributed by atoms with Crippen LogP contribution in [0, 0.1) is 13.8 Å². The highest BCUT2D eigenvalue weighted by Crippen LogP contribution is 2.14. The van der Waals surface area contributed by atoms with Crippen molar-refractivity contribution in [2.75, 3.05) is 18.8 Å². The first-order valence-electron chi connectivity index (χ1n) is 5.78. The van der Waals surface area contributed by atoms with Crippen molar-refractivity contribution in [2.24, 2.45) is 0 Å². The molecule has 8 nitrogen and oxygen atoms in total. The fourth-order valence-electron chi connectivity index (χ4n) is 1.91. The predicted octanol–water partition coefficient (Wildman–Crippen LogP) is -1.43. The molecule has 2 heterocycles. The Hall–Kier alpha value is -2.38. The summed E-state index contributed by atoms with van der Waals surface area (Å²) in [5, 5.41) is 6.28. The van der Waals surface area contributed by atoms with Gasteiger partial charge >= 0.3 is 0 Å². The Morgan fingerprint density at radius 2 is 1.89 bits per heavy atom. The lowest BCUT2D eigenvalue weighted by Crippen LogP contribution is -2.54. The molecule has 0 unspecified atom stereocenters. The lowest BCUT2D eigenvalue weighted by atomic mass is 10.3. The number of hydrogen-bond acceptors (Lipinski definition) is 5. The number of nitrogens with one attached hydrogen (secondary N) is 1. The molecular formula is C11H15N5O3. The zero-order chi connectivity index (χ0) is 14.2. The number of aryl methyl sites for hydroxylation is 1. The minimum atomic E-state index is -0.475. The summed E-state index contributed by atoms with van der Waals surface area (Å²) in [5.74, 6) is -1.29. The zero-order valence-electron chi connectivity index (χ0n) is 10.8. The molecule has 1 saturated heterocycles. The van der Waals surface area contributed by atoms with Gasteiger partial charge in [-0.05, 0) is 13.8 Å². The van der Waals surface area contributed by atoms with Crippen molar-refractivity contribution in [1.82, 2.24) is 20.0 Å². The minimum Gasteiger partial charge on any atom is -0.396 e. The topological polar surface area (TPSA) is 110 Å². The number of anilines is 1. The molecule has 0 spiro atoms. The van der Waals surface area contributed by atoms with Crippen LogP contribution in [0.5, 0.6) is 0 Å². The highest BCUT2D eigenvalue weighted by molar-refractivity contribution is 6.02. The van der Waals surface area contributed by atoms with Gasteiger partial charge in [-0.1, -0.05) is 0 Å². The van der Waals surface area contributed by atoms with Gasteiger partial charge in [-0.3, -0.25) is 24.4 Å². The molecule has 1 aliphatic heterocycles. The van der Waals surface area contributed by atoms with Crippen molar-refractivity contribution in [1.29, 1.82) is 0 Å². The maximum absolute atomic E-state index is 12.0. The summed E-state index contributed by atoms with van der Waals surface area (Å²) < 4.78 is 1.48. The van der Waals surface area contributed by atoms with Gasteiger partial charge in [-0.15, -0.1) is 0 Å². The molecule has 1 aliphatic rings. The highest BCUT2D eigenvalue weighted by Gasteiger charge is 2.26. The van der Waals surface area contributed by atoms with Gasteiger partial charge in [0.1, 0.15) is 19.6 Å². The molecule has 0 saturated carbocycles. The Balaban J connectivity index is 2.10. The molecule has 0 aliphatic carbocycles. The number of amides is 3. The zero-order valence-corrected chi connectivity index (χ0v) is 10.8. The number of nitrogens with zero attached hydrogens (tertiary/aromatic N) is 3. The summed E-state index contributed by atoms with van der Waals surface area (Å²) in [4.78, 5) is 35.6. The fraction of sp³-hybridized carbons (Fsp3) is 0.455. The molecule has 3 amide bonds. The monoisotopic (exact) mass is 265 g/mol. The number of hydrogen-bond donors (Lipinski definition) is 2. The summed E-state index contributed by atoms with van der Waals surface area (Å²) in [6.07, 6.45) is 0. The van der Waals surface area contributed by atoms with Crippen LogP contribution in [0.1, 0.15) is 11.4 Å². The van der Waals surface area contributed by atoms with Crippen LogP contribution in [0.2, 0.25) is 0 Å². The third kappa shape index (κ3) is 2.56. The molecule has 8 heteroatoms. The molecule has 1 fully saturated rings. The van der Waals surface area contributed by atoms with E-state index in [4.69, 9.17) is 5.73 Å². The van der Waals surface area contributed by atoms with Gasteiger partial charge in [0, 0.05) is 0 Å². The Morgan fingerprint density at radius 1 is 1.32 bits per heavy atom. The van der Waals surface area contributed by atoms with Gasteiger partial charge < -0.3 is 10.6 Å².